The Labute approximate surface area is 90.6 Å². The maximum atomic E-state index is 4.57. The number of rotatable bonds is 2. The van der Waals surface area contributed by atoms with Crippen LogP contribution in [0, 0.1) is 13.8 Å². The van der Waals surface area contributed by atoms with Crippen LogP contribution in [-0.2, 0) is 6.42 Å². The lowest BCUT2D eigenvalue weighted by Crippen LogP contribution is -1.98. The van der Waals surface area contributed by atoms with Crippen LogP contribution in [0.15, 0.2) is 30.3 Å². The minimum atomic E-state index is 1.05. The van der Waals surface area contributed by atoms with E-state index in [1.165, 1.54) is 11.3 Å². The van der Waals surface area contributed by atoms with Crippen LogP contribution in [0.1, 0.15) is 23.9 Å². The molecule has 0 saturated carbocycles. The van der Waals surface area contributed by atoms with Gasteiger partial charge >= 0.3 is 0 Å². The van der Waals surface area contributed by atoms with Crippen LogP contribution in [0.25, 0.3) is 5.69 Å². The molecular formula is C13H16N2. The van der Waals surface area contributed by atoms with E-state index in [-0.39, 0.29) is 0 Å². The third-order valence-corrected chi connectivity index (χ3v) is 2.80. The largest absolute Gasteiger partial charge is 0.238 e. The number of benzene rings is 1. The fraction of sp³-hybridized carbons (Fsp3) is 0.308. The maximum absolute atomic E-state index is 4.57. The van der Waals surface area contributed by atoms with Gasteiger partial charge in [-0.25, -0.2) is 4.68 Å². The Morgan fingerprint density at radius 1 is 1.13 bits per heavy atom. The van der Waals surface area contributed by atoms with Gasteiger partial charge in [-0.1, -0.05) is 25.1 Å². The van der Waals surface area contributed by atoms with Crippen LogP contribution in [0.4, 0.5) is 0 Å². The minimum Gasteiger partial charge on any atom is -0.238 e. The van der Waals surface area contributed by atoms with Crippen molar-refractivity contribution in [2.45, 2.75) is 27.2 Å². The average molecular weight is 200 g/mol. The lowest BCUT2D eigenvalue weighted by Gasteiger charge is -2.03. The molecule has 0 radical (unpaired) electrons. The monoisotopic (exact) mass is 200 g/mol. The fourth-order valence-corrected chi connectivity index (χ4v) is 2.01. The predicted octanol–water partition coefficient (Wildman–Crippen LogP) is 3.05. The molecule has 1 aromatic carbocycles. The van der Waals surface area contributed by atoms with Crippen molar-refractivity contribution in [2.75, 3.05) is 0 Å². The molecule has 0 N–H and O–H groups in total. The topological polar surface area (TPSA) is 17.8 Å². The third kappa shape index (κ3) is 1.67. The van der Waals surface area contributed by atoms with Gasteiger partial charge in [-0.15, -0.1) is 0 Å². The lowest BCUT2D eigenvalue weighted by molar-refractivity contribution is 0.832. The first kappa shape index (κ1) is 9.97. The Kier molecular flexibility index (Phi) is 2.58. The van der Waals surface area contributed by atoms with Gasteiger partial charge in [0.05, 0.1) is 11.4 Å². The van der Waals surface area contributed by atoms with E-state index in [0.717, 1.165) is 17.8 Å². The molecule has 0 saturated heterocycles. The molecule has 2 aromatic rings. The summed E-state index contributed by atoms with van der Waals surface area (Å²) in [6.07, 6.45) is 1.05. The number of aromatic nitrogens is 2. The summed E-state index contributed by atoms with van der Waals surface area (Å²) in [4.78, 5) is 0. The van der Waals surface area contributed by atoms with E-state index in [4.69, 9.17) is 0 Å². The van der Waals surface area contributed by atoms with Gasteiger partial charge in [0.25, 0.3) is 0 Å². The Bertz CT molecular complexity index is 455. The molecule has 0 aliphatic heterocycles. The summed E-state index contributed by atoms with van der Waals surface area (Å²) < 4.78 is 2.02. The summed E-state index contributed by atoms with van der Waals surface area (Å²) >= 11 is 0. The molecule has 0 atom stereocenters. The molecule has 1 heterocycles. The molecule has 0 fully saturated rings. The maximum Gasteiger partial charge on any atom is 0.0648 e. The SMILES string of the molecule is CCc1c(C)nn(-c2ccccc2)c1C. The van der Waals surface area contributed by atoms with Crippen molar-refractivity contribution in [1.29, 1.82) is 0 Å². The second-order valence-corrected chi connectivity index (χ2v) is 3.75. The van der Waals surface area contributed by atoms with E-state index >= 15 is 0 Å². The number of hydrogen-bond acceptors (Lipinski definition) is 1. The van der Waals surface area contributed by atoms with Crippen LogP contribution in [-0.4, -0.2) is 9.78 Å². The lowest BCUT2D eigenvalue weighted by atomic mass is 10.1. The van der Waals surface area contributed by atoms with E-state index in [0.29, 0.717) is 0 Å². The van der Waals surface area contributed by atoms with Crippen molar-refractivity contribution in [3.8, 4) is 5.69 Å². The van der Waals surface area contributed by atoms with Gasteiger partial charge in [0.2, 0.25) is 0 Å². The molecule has 0 amide bonds. The molecule has 2 nitrogen and oxygen atoms in total. The van der Waals surface area contributed by atoms with E-state index in [1.54, 1.807) is 0 Å². The zero-order valence-electron chi connectivity index (χ0n) is 9.49. The van der Waals surface area contributed by atoms with Crippen LogP contribution in [0.3, 0.4) is 0 Å². The summed E-state index contributed by atoms with van der Waals surface area (Å²) in [5.41, 5.74) is 4.89. The summed E-state index contributed by atoms with van der Waals surface area (Å²) in [5, 5.41) is 4.57. The quantitative estimate of drug-likeness (QED) is 0.728. The molecule has 1 aromatic heterocycles. The predicted molar refractivity (Wildman–Crippen MR) is 62.4 cm³/mol. The fourth-order valence-electron chi connectivity index (χ4n) is 2.01. The molecule has 2 heteroatoms. The normalized spacial score (nSPS) is 10.6. The van der Waals surface area contributed by atoms with Crippen molar-refractivity contribution in [3.05, 3.63) is 47.3 Å². The van der Waals surface area contributed by atoms with Crippen LogP contribution in [0.2, 0.25) is 0 Å². The highest BCUT2D eigenvalue weighted by Crippen LogP contribution is 2.17. The van der Waals surface area contributed by atoms with E-state index < -0.39 is 0 Å². The second kappa shape index (κ2) is 3.89. The Hall–Kier alpha value is -1.57. The van der Waals surface area contributed by atoms with E-state index in [1.807, 2.05) is 22.9 Å². The number of hydrogen-bond donors (Lipinski definition) is 0. The molecule has 0 bridgehead atoms. The molecule has 0 spiro atoms. The molecule has 0 aliphatic rings. The summed E-state index contributed by atoms with van der Waals surface area (Å²) in [5.74, 6) is 0. The van der Waals surface area contributed by atoms with Gasteiger partial charge in [0, 0.05) is 5.69 Å². The van der Waals surface area contributed by atoms with Crippen molar-refractivity contribution < 1.29 is 0 Å². The highest BCUT2D eigenvalue weighted by Gasteiger charge is 2.10. The van der Waals surface area contributed by atoms with Crippen molar-refractivity contribution in [1.82, 2.24) is 9.78 Å². The number of para-hydroxylation sites is 1. The third-order valence-electron chi connectivity index (χ3n) is 2.80. The van der Waals surface area contributed by atoms with Gasteiger partial charge in [-0.05, 0) is 38.0 Å². The zero-order chi connectivity index (χ0) is 10.8. The number of nitrogens with zero attached hydrogens (tertiary/aromatic N) is 2. The summed E-state index contributed by atoms with van der Waals surface area (Å²) in [6.45, 7) is 6.38. The van der Waals surface area contributed by atoms with Crippen molar-refractivity contribution >= 4 is 0 Å². The molecule has 15 heavy (non-hydrogen) atoms. The Morgan fingerprint density at radius 3 is 2.33 bits per heavy atom. The highest BCUT2D eigenvalue weighted by molar-refractivity contribution is 5.36. The van der Waals surface area contributed by atoms with Gasteiger partial charge in [-0.3, -0.25) is 0 Å². The number of aryl methyl sites for hydroxylation is 1. The van der Waals surface area contributed by atoms with Gasteiger partial charge < -0.3 is 0 Å². The van der Waals surface area contributed by atoms with Gasteiger partial charge in [0.15, 0.2) is 0 Å². The summed E-state index contributed by atoms with van der Waals surface area (Å²) in [6, 6.07) is 10.3. The van der Waals surface area contributed by atoms with Gasteiger partial charge in [0.1, 0.15) is 0 Å². The van der Waals surface area contributed by atoms with E-state index in [2.05, 4.69) is 38.0 Å². The highest BCUT2D eigenvalue weighted by atomic mass is 15.3. The Morgan fingerprint density at radius 2 is 1.80 bits per heavy atom. The first-order valence-corrected chi connectivity index (χ1v) is 5.34. The Balaban J connectivity index is 2.55. The zero-order valence-corrected chi connectivity index (χ0v) is 9.49. The average Bonchev–Trinajstić information content (AvgIpc) is 2.55. The minimum absolute atomic E-state index is 1.05. The standard InChI is InChI=1S/C13H16N2/c1-4-13-10(2)14-15(11(13)3)12-8-6-5-7-9-12/h5-9H,4H2,1-3H3. The van der Waals surface area contributed by atoms with Crippen molar-refractivity contribution in [2.24, 2.45) is 0 Å². The molecule has 78 valence electrons. The van der Waals surface area contributed by atoms with Crippen LogP contribution >= 0.6 is 0 Å². The van der Waals surface area contributed by atoms with Crippen molar-refractivity contribution in [3.63, 3.8) is 0 Å². The first-order chi connectivity index (χ1) is 7.24. The smallest absolute Gasteiger partial charge is 0.0648 e. The first-order valence-electron chi connectivity index (χ1n) is 5.34. The molecule has 2 rings (SSSR count). The van der Waals surface area contributed by atoms with Gasteiger partial charge in [-0.2, -0.15) is 5.10 Å². The molecule has 0 aliphatic carbocycles. The molecule has 0 unspecified atom stereocenters. The van der Waals surface area contributed by atoms with Crippen LogP contribution < -0.4 is 0 Å². The second-order valence-electron chi connectivity index (χ2n) is 3.75. The molecular weight excluding hydrogens is 184 g/mol. The van der Waals surface area contributed by atoms with E-state index in [9.17, 15) is 0 Å². The summed E-state index contributed by atoms with van der Waals surface area (Å²) in [7, 11) is 0. The van der Waals surface area contributed by atoms with Crippen LogP contribution in [0.5, 0.6) is 0 Å².